The van der Waals surface area contributed by atoms with E-state index in [2.05, 4.69) is 22.2 Å². The van der Waals surface area contributed by atoms with E-state index in [0.29, 0.717) is 19.2 Å². The predicted octanol–water partition coefficient (Wildman–Crippen LogP) is 0.908. The van der Waals surface area contributed by atoms with Crippen molar-refractivity contribution in [1.82, 2.24) is 24.9 Å². The number of amides is 2. The third-order valence-electron chi connectivity index (χ3n) is 4.85. The van der Waals surface area contributed by atoms with Crippen LogP contribution in [0.5, 0.6) is 0 Å². The Bertz CT molecular complexity index is 532. The lowest BCUT2D eigenvalue weighted by atomic mass is 10.1. The molecule has 1 N–H and O–H groups in total. The number of hydrogen-bond donors (Lipinski definition) is 1. The maximum Gasteiger partial charge on any atom is 0.318 e. The van der Waals surface area contributed by atoms with Crippen LogP contribution in [0.2, 0.25) is 0 Å². The summed E-state index contributed by atoms with van der Waals surface area (Å²) in [6.45, 7) is 7.04. The third-order valence-corrected chi connectivity index (χ3v) is 4.85. The Morgan fingerprint density at radius 1 is 1.48 bits per heavy atom. The monoisotopic (exact) mass is 321 g/mol. The van der Waals surface area contributed by atoms with Gasteiger partial charge in [0.25, 0.3) is 0 Å². The van der Waals surface area contributed by atoms with Gasteiger partial charge in [0.15, 0.2) is 0 Å². The molecule has 2 amide bonds. The number of carbonyl (C=O) groups is 1. The predicted molar refractivity (Wildman–Crippen MR) is 87.1 cm³/mol. The highest BCUT2D eigenvalue weighted by Crippen LogP contribution is 2.24. The summed E-state index contributed by atoms with van der Waals surface area (Å²) in [5.74, 6) is 0. The number of aromatic nitrogens is 2. The molecule has 7 nitrogen and oxygen atoms in total. The Morgan fingerprint density at radius 2 is 2.35 bits per heavy atom. The fourth-order valence-corrected chi connectivity index (χ4v) is 3.55. The maximum atomic E-state index is 12.5. The lowest BCUT2D eigenvalue weighted by Gasteiger charge is -2.42. The van der Waals surface area contributed by atoms with Crippen LogP contribution in [0.3, 0.4) is 0 Å². The summed E-state index contributed by atoms with van der Waals surface area (Å²) in [4.78, 5) is 17.0. The van der Waals surface area contributed by atoms with Gasteiger partial charge in [-0.2, -0.15) is 5.10 Å². The molecule has 0 bridgehead atoms. The molecule has 0 spiro atoms. The van der Waals surface area contributed by atoms with Crippen LogP contribution < -0.4 is 5.32 Å². The van der Waals surface area contributed by atoms with Crippen LogP contribution in [0, 0.1) is 0 Å². The Hall–Kier alpha value is -1.60. The van der Waals surface area contributed by atoms with Crippen molar-refractivity contribution in [3.63, 3.8) is 0 Å². The third kappa shape index (κ3) is 3.84. The number of fused-ring (bicyclic) bond motifs is 1. The second-order valence-corrected chi connectivity index (χ2v) is 6.56. The van der Waals surface area contributed by atoms with Gasteiger partial charge >= 0.3 is 6.03 Å². The highest BCUT2D eigenvalue weighted by Gasteiger charge is 2.36. The minimum atomic E-state index is 0.0358. The number of rotatable bonds is 5. The highest BCUT2D eigenvalue weighted by molar-refractivity contribution is 5.74. The minimum Gasteiger partial charge on any atom is -0.383 e. The smallest absolute Gasteiger partial charge is 0.318 e. The van der Waals surface area contributed by atoms with E-state index < -0.39 is 0 Å². The summed E-state index contributed by atoms with van der Waals surface area (Å²) >= 11 is 0. The first-order chi connectivity index (χ1) is 11.2. The standard InChI is InChI=1S/C16H27N5O2/c1-13-10-19-5-3-4-15(19)12-21(13)16(22)17-8-14-9-18-20(11-14)6-7-23-2/h9,11,13,15H,3-8,10,12H2,1-2H3,(H,17,22). The van der Waals surface area contributed by atoms with Crippen molar-refractivity contribution in [3.05, 3.63) is 18.0 Å². The van der Waals surface area contributed by atoms with E-state index in [0.717, 1.165) is 25.2 Å². The molecule has 7 heteroatoms. The molecule has 3 heterocycles. The van der Waals surface area contributed by atoms with Crippen LogP contribution in [-0.2, 0) is 17.8 Å². The summed E-state index contributed by atoms with van der Waals surface area (Å²) in [5, 5.41) is 7.30. The lowest BCUT2D eigenvalue weighted by molar-refractivity contribution is 0.0802. The van der Waals surface area contributed by atoms with E-state index in [-0.39, 0.29) is 12.1 Å². The Morgan fingerprint density at radius 3 is 3.17 bits per heavy atom. The van der Waals surface area contributed by atoms with Gasteiger partial charge in [0, 0.05) is 50.6 Å². The fraction of sp³-hybridized carbons (Fsp3) is 0.750. The normalized spacial score (nSPS) is 24.7. The van der Waals surface area contributed by atoms with Crippen molar-refractivity contribution in [2.75, 3.05) is 33.4 Å². The zero-order valence-electron chi connectivity index (χ0n) is 14.1. The molecule has 2 saturated heterocycles. The second-order valence-electron chi connectivity index (χ2n) is 6.56. The van der Waals surface area contributed by atoms with Crippen molar-refractivity contribution in [3.8, 4) is 0 Å². The molecule has 23 heavy (non-hydrogen) atoms. The molecule has 0 aromatic carbocycles. The van der Waals surface area contributed by atoms with Crippen LogP contribution in [0.25, 0.3) is 0 Å². The summed E-state index contributed by atoms with van der Waals surface area (Å²) in [5.41, 5.74) is 1.02. The Kier molecular flexibility index (Phi) is 5.17. The molecular formula is C16H27N5O2. The quantitative estimate of drug-likeness (QED) is 0.875. The summed E-state index contributed by atoms with van der Waals surface area (Å²) < 4.78 is 6.88. The molecule has 3 rings (SSSR count). The molecule has 1 aromatic rings. The number of urea groups is 1. The molecule has 2 fully saturated rings. The van der Waals surface area contributed by atoms with Crippen LogP contribution >= 0.6 is 0 Å². The number of piperazine rings is 1. The first kappa shape index (κ1) is 16.3. The lowest BCUT2D eigenvalue weighted by Crippen LogP contribution is -2.58. The van der Waals surface area contributed by atoms with Crippen molar-refractivity contribution >= 4 is 6.03 Å². The number of hydrogen-bond acceptors (Lipinski definition) is 4. The second kappa shape index (κ2) is 7.31. The zero-order chi connectivity index (χ0) is 16.2. The van der Waals surface area contributed by atoms with Crippen LogP contribution in [0.4, 0.5) is 4.79 Å². The molecule has 2 aliphatic heterocycles. The zero-order valence-corrected chi connectivity index (χ0v) is 14.1. The molecule has 2 atom stereocenters. The summed E-state index contributed by atoms with van der Waals surface area (Å²) in [7, 11) is 1.68. The van der Waals surface area contributed by atoms with Crippen molar-refractivity contribution in [2.24, 2.45) is 0 Å². The highest BCUT2D eigenvalue weighted by atomic mass is 16.5. The van der Waals surface area contributed by atoms with Crippen molar-refractivity contribution < 1.29 is 9.53 Å². The summed E-state index contributed by atoms with van der Waals surface area (Å²) in [6.07, 6.45) is 6.22. The molecule has 0 aliphatic carbocycles. The Balaban J connectivity index is 1.49. The number of ether oxygens (including phenoxy) is 1. The number of methoxy groups -OCH3 is 1. The molecule has 0 saturated carbocycles. The molecule has 2 unspecified atom stereocenters. The van der Waals surface area contributed by atoms with E-state index in [9.17, 15) is 4.79 Å². The van der Waals surface area contributed by atoms with Crippen molar-refractivity contribution in [1.29, 1.82) is 0 Å². The van der Waals surface area contributed by atoms with Gasteiger partial charge in [-0.05, 0) is 26.3 Å². The first-order valence-corrected chi connectivity index (χ1v) is 8.46. The van der Waals surface area contributed by atoms with Gasteiger partial charge < -0.3 is 15.0 Å². The largest absolute Gasteiger partial charge is 0.383 e. The maximum absolute atomic E-state index is 12.5. The van der Waals surface area contributed by atoms with Gasteiger partial charge in [-0.25, -0.2) is 4.79 Å². The van der Waals surface area contributed by atoms with Gasteiger partial charge in [0.1, 0.15) is 0 Å². The van der Waals surface area contributed by atoms with Crippen LogP contribution in [-0.4, -0.2) is 71.0 Å². The number of nitrogens with one attached hydrogen (secondary N) is 1. The van der Waals surface area contributed by atoms with E-state index in [1.165, 1.54) is 19.4 Å². The molecule has 2 aliphatic rings. The number of carbonyl (C=O) groups excluding carboxylic acids is 1. The van der Waals surface area contributed by atoms with E-state index in [4.69, 9.17) is 4.74 Å². The van der Waals surface area contributed by atoms with Crippen LogP contribution in [0.15, 0.2) is 12.4 Å². The minimum absolute atomic E-state index is 0.0358. The first-order valence-electron chi connectivity index (χ1n) is 8.46. The van der Waals surface area contributed by atoms with Crippen LogP contribution in [0.1, 0.15) is 25.3 Å². The average molecular weight is 321 g/mol. The van der Waals surface area contributed by atoms with Gasteiger partial charge in [-0.1, -0.05) is 0 Å². The van der Waals surface area contributed by atoms with Crippen molar-refractivity contribution in [2.45, 2.75) is 44.9 Å². The molecule has 128 valence electrons. The average Bonchev–Trinajstić information content (AvgIpc) is 3.18. The van der Waals surface area contributed by atoms with Gasteiger partial charge in [-0.3, -0.25) is 9.58 Å². The summed E-state index contributed by atoms with van der Waals surface area (Å²) in [6, 6.07) is 0.858. The fourth-order valence-electron chi connectivity index (χ4n) is 3.55. The number of nitrogens with zero attached hydrogens (tertiary/aromatic N) is 4. The SMILES string of the molecule is COCCn1cc(CNC(=O)N2CC3CCCN3CC2C)cn1. The molecule has 1 aromatic heterocycles. The topological polar surface area (TPSA) is 62.6 Å². The van der Waals surface area contributed by atoms with Gasteiger partial charge in [0.05, 0.1) is 19.3 Å². The van der Waals surface area contributed by atoms with Gasteiger partial charge in [0.2, 0.25) is 0 Å². The molecule has 0 radical (unpaired) electrons. The Labute approximate surface area is 137 Å². The molecular weight excluding hydrogens is 294 g/mol. The van der Waals surface area contributed by atoms with E-state index in [1.807, 2.05) is 15.8 Å². The van der Waals surface area contributed by atoms with E-state index >= 15 is 0 Å². The van der Waals surface area contributed by atoms with Gasteiger partial charge in [-0.15, -0.1) is 0 Å². The van der Waals surface area contributed by atoms with E-state index in [1.54, 1.807) is 13.3 Å².